The lowest BCUT2D eigenvalue weighted by atomic mass is 10.0. The molecule has 134 valence electrons. The molecule has 0 aliphatic carbocycles. The lowest BCUT2D eigenvalue weighted by molar-refractivity contribution is -0.121. The zero-order valence-corrected chi connectivity index (χ0v) is 15.0. The van der Waals surface area contributed by atoms with Crippen molar-refractivity contribution in [3.8, 4) is 11.5 Å². The molecule has 0 bridgehead atoms. The molecule has 0 atom stereocenters. The van der Waals surface area contributed by atoms with Gasteiger partial charge in [-0.25, -0.2) is 4.90 Å². The van der Waals surface area contributed by atoms with Crippen molar-refractivity contribution in [1.82, 2.24) is 0 Å². The first kappa shape index (κ1) is 17.5. The van der Waals surface area contributed by atoms with Crippen LogP contribution in [0.25, 0.3) is 5.57 Å². The Bertz CT molecular complexity index is 945. The second-order valence-corrected chi connectivity index (χ2v) is 6.03. The van der Waals surface area contributed by atoms with Crippen LogP contribution in [0.5, 0.6) is 11.5 Å². The highest BCUT2D eigenvalue weighted by molar-refractivity contribution is 6.45. The minimum atomic E-state index is -0.742. The molecule has 0 fully saturated rings. The number of amides is 2. The van der Waals surface area contributed by atoms with Gasteiger partial charge < -0.3 is 14.6 Å². The maximum absolute atomic E-state index is 13.0. The number of anilines is 1. The number of carbonyl (C=O) groups excluding carboxylic acids is 2. The average molecular weight is 353 g/mol. The van der Waals surface area contributed by atoms with E-state index >= 15 is 0 Å². The third kappa shape index (κ3) is 2.69. The minimum Gasteiger partial charge on any atom is -0.502 e. The third-order valence-corrected chi connectivity index (χ3v) is 4.34. The summed E-state index contributed by atoms with van der Waals surface area (Å²) in [5, 5.41) is 10.4. The second kappa shape index (κ2) is 6.55. The maximum atomic E-state index is 13.0. The third-order valence-electron chi connectivity index (χ3n) is 4.34. The number of imide groups is 1. The summed E-state index contributed by atoms with van der Waals surface area (Å²) in [4.78, 5) is 26.5. The van der Waals surface area contributed by atoms with Crippen molar-refractivity contribution in [2.75, 3.05) is 19.1 Å². The summed E-state index contributed by atoms with van der Waals surface area (Å²) in [7, 11) is 2.97. The minimum absolute atomic E-state index is 0.0585. The highest BCUT2D eigenvalue weighted by Gasteiger charge is 2.41. The first-order chi connectivity index (χ1) is 12.4. The largest absolute Gasteiger partial charge is 0.502 e. The summed E-state index contributed by atoms with van der Waals surface area (Å²) in [6.07, 6.45) is 0. The molecule has 1 aliphatic heterocycles. The quantitative estimate of drug-likeness (QED) is 0.855. The average Bonchev–Trinajstić information content (AvgIpc) is 2.85. The molecule has 0 spiro atoms. The summed E-state index contributed by atoms with van der Waals surface area (Å²) >= 11 is 0. The first-order valence-corrected chi connectivity index (χ1v) is 8.00. The Morgan fingerprint density at radius 1 is 0.885 bits per heavy atom. The molecule has 0 unspecified atom stereocenters. The van der Waals surface area contributed by atoms with Crippen LogP contribution in [0.2, 0.25) is 0 Å². The molecule has 0 saturated carbocycles. The van der Waals surface area contributed by atoms with E-state index in [2.05, 4.69) is 0 Å². The number of hydrogen-bond acceptors (Lipinski definition) is 5. The van der Waals surface area contributed by atoms with Crippen molar-refractivity contribution in [3.05, 3.63) is 58.8 Å². The van der Waals surface area contributed by atoms with Crippen molar-refractivity contribution in [1.29, 1.82) is 0 Å². The zero-order chi connectivity index (χ0) is 19.0. The van der Waals surface area contributed by atoms with Crippen LogP contribution in [-0.4, -0.2) is 31.1 Å². The SMILES string of the molecule is COc1ccc(C2=C(O)C(=O)N(c3cc(C)ccc3C)C2=O)cc1OC. The first-order valence-electron chi connectivity index (χ1n) is 8.00. The number of aliphatic hydroxyl groups excluding tert-OH is 1. The fourth-order valence-electron chi connectivity index (χ4n) is 2.95. The molecule has 0 saturated heterocycles. The summed E-state index contributed by atoms with van der Waals surface area (Å²) in [5.74, 6) is -1.01. The van der Waals surface area contributed by atoms with Crippen LogP contribution in [0.4, 0.5) is 5.69 Å². The van der Waals surface area contributed by atoms with Gasteiger partial charge in [-0.3, -0.25) is 9.59 Å². The van der Waals surface area contributed by atoms with E-state index < -0.39 is 17.6 Å². The van der Waals surface area contributed by atoms with Gasteiger partial charge in [-0.2, -0.15) is 0 Å². The van der Waals surface area contributed by atoms with Gasteiger partial charge in [0.2, 0.25) is 0 Å². The van der Waals surface area contributed by atoms with Crippen LogP contribution < -0.4 is 14.4 Å². The number of ether oxygens (including phenoxy) is 2. The molecule has 6 heteroatoms. The maximum Gasteiger partial charge on any atom is 0.301 e. The zero-order valence-electron chi connectivity index (χ0n) is 15.0. The van der Waals surface area contributed by atoms with Crippen molar-refractivity contribution >= 4 is 23.1 Å². The van der Waals surface area contributed by atoms with E-state index in [0.717, 1.165) is 16.0 Å². The lowest BCUT2D eigenvalue weighted by Gasteiger charge is -2.18. The van der Waals surface area contributed by atoms with E-state index in [1.165, 1.54) is 14.2 Å². The Hall–Kier alpha value is -3.28. The van der Waals surface area contributed by atoms with Gasteiger partial charge in [0.05, 0.1) is 25.5 Å². The van der Waals surface area contributed by atoms with Gasteiger partial charge in [0.15, 0.2) is 17.3 Å². The smallest absolute Gasteiger partial charge is 0.301 e. The summed E-state index contributed by atoms with van der Waals surface area (Å²) in [6, 6.07) is 10.2. The molecule has 3 rings (SSSR count). The van der Waals surface area contributed by atoms with E-state index in [1.807, 2.05) is 19.1 Å². The lowest BCUT2D eigenvalue weighted by Crippen LogP contribution is -2.32. The summed E-state index contributed by atoms with van der Waals surface area (Å²) in [6.45, 7) is 3.68. The fourth-order valence-corrected chi connectivity index (χ4v) is 2.95. The van der Waals surface area contributed by atoms with Gasteiger partial charge in [-0.1, -0.05) is 18.2 Å². The van der Waals surface area contributed by atoms with Gasteiger partial charge >= 0.3 is 5.91 Å². The number of aliphatic hydroxyl groups is 1. The predicted octanol–water partition coefficient (Wildman–Crippen LogP) is 3.16. The molecular formula is C20H19NO5. The molecule has 2 amide bonds. The van der Waals surface area contributed by atoms with Gasteiger partial charge in [-0.05, 0) is 48.7 Å². The fraction of sp³-hybridized carbons (Fsp3) is 0.200. The van der Waals surface area contributed by atoms with E-state index in [-0.39, 0.29) is 5.57 Å². The predicted molar refractivity (Wildman–Crippen MR) is 97.5 cm³/mol. The second-order valence-electron chi connectivity index (χ2n) is 6.03. The van der Waals surface area contributed by atoms with E-state index in [0.29, 0.717) is 22.7 Å². The van der Waals surface area contributed by atoms with Crippen molar-refractivity contribution in [2.45, 2.75) is 13.8 Å². The molecule has 1 heterocycles. The van der Waals surface area contributed by atoms with Crippen LogP contribution >= 0.6 is 0 Å². The normalized spacial score (nSPS) is 14.2. The van der Waals surface area contributed by atoms with E-state index in [1.54, 1.807) is 31.2 Å². The molecule has 26 heavy (non-hydrogen) atoms. The number of rotatable bonds is 4. The Balaban J connectivity index is 2.09. The number of carbonyl (C=O) groups is 2. The molecule has 0 radical (unpaired) electrons. The van der Waals surface area contributed by atoms with E-state index in [9.17, 15) is 14.7 Å². The summed E-state index contributed by atoms with van der Waals surface area (Å²) in [5.41, 5.74) is 2.45. The Kier molecular flexibility index (Phi) is 4.42. The highest BCUT2D eigenvalue weighted by atomic mass is 16.5. The number of benzene rings is 2. The topological polar surface area (TPSA) is 76.1 Å². The van der Waals surface area contributed by atoms with Gasteiger partial charge in [-0.15, -0.1) is 0 Å². The standard InChI is InChI=1S/C20H19NO5/c1-11-5-6-12(2)14(9-11)21-19(23)17(18(22)20(21)24)13-7-8-15(25-3)16(10-13)26-4/h5-10,22H,1-4H3. The number of hydrogen-bond donors (Lipinski definition) is 1. The van der Waals surface area contributed by atoms with Crippen molar-refractivity contribution in [2.24, 2.45) is 0 Å². The van der Waals surface area contributed by atoms with Crippen molar-refractivity contribution < 1.29 is 24.2 Å². The molecule has 1 aliphatic rings. The van der Waals surface area contributed by atoms with Gasteiger partial charge in [0.25, 0.3) is 5.91 Å². The highest BCUT2D eigenvalue weighted by Crippen LogP contribution is 2.37. The van der Waals surface area contributed by atoms with Crippen LogP contribution in [-0.2, 0) is 9.59 Å². The number of aryl methyl sites for hydroxylation is 2. The van der Waals surface area contributed by atoms with Crippen LogP contribution in [0.3, 0.4) is 0 Å². The Morgan fingerprint density at radius 3 is 2.23 bits per heavy atom. The number of methoxy groups -OCH3 is 2. The molecule has 1 N–H and O–H groups in total. The van der Waals surface area contributed by atoms with Crippen LogP contribution in [0.15, 0.2) is 42.2 Å². The molecule has 2 aromatic rings. The van der Waals surface area contributed by atoms with E-state index in [4.69, 9.17) is 9.47 Å². The van der Waals surface area contributed by atoms with Gasteiger partial charge in [0, 0.05) is 0 Å². The van der Waals surface area contributed by atoms with Crippen LogP contribution in [0.1, 0.15) is 16.7 Å². The summed E-state index contributed by atoms with van der Waals surface area (Å²) < 4.78 is 10.4. The van der Waals surface area contributed by atoms with Crippen molar-refractivity contribution in [3.63, 3.8) is 0 Å². The van der Waals surface area contributed by atoms with Gasteiger partial charge in [0.1, 0.15) is 0 Å². The van der Waals surface area contributed by atoms with Crippen LogP contribution in [0, 0.1) is 13.8 Å². The Morgan fingerprint density at radius 2 is 1.58 bits per heavy atom. The Labute approximate surface area is 151 Å². The monoisotopic (exact) mass is 353 g/mol. The number of nitrogens with zero attached hydrogens (tertiary/aromatic N) is 1. The molecule has 2 aromatic carbocycles. The molecule has 0 aromatic heterocycles. The molecular weight excluding hydrogens is 334 g/mol. The molecule has 6 nitrogen and oxygen atoms in total.